The molecular formula is C31H34N2O3. The zero-order chi connectivity index (χ0) is 24.7. The maximum absolute atomic E-state index is 6.49. The van der Waals surface area contributed by atoms with E-state index in [2.05, 4.69) is 61.0 Å². The number of para-hydroxylation sites is 1. The first-order valence-electron chi connectivity index (χ1n) is 12.9. The molecule has 0 saturated carbocycles. The maximum Gasteiger partial charge on any atom is 0.213 e. The van der Waals surface area contributed by atoms with Crippen LogP contribution in [0.1, 0.15) is 68.0 Å². The van der Waals surface area contributed by atoms with E-state index >= 15 is 0 Å². The molecule has 0 radical (unpaired) electrons. The minimum Gasteiger partial charge on any atom is -0.494 e. The van der Waals surface area contributed by atoms with Gasteiger partial charge < -0.3 is 14.2 Å². The molecule has 2 aliphatic rings. The Balaban J connectivity index is 1.35. The predicted octanol–water partition coefficient (Wildman–Crippen LogP) is 7.45. The van der Waals surface area contributed by atoms with E-state index in [1.54, 1.807) is 6.08 Å². The molecule has 2 heterocycles. The third-order valence-electron chi connectivity index (χ3n) is 6.69. The van der Waals surface area contributed by atoms with Crippen molar-refractivity contribution in [2.45, 2.75) is 51.3 Å². The lowest BCUT2D eigenvalue weighted by Gasteiger charge is -2.38. The van der Waals surface area contributed by atoms with E-state index in [-0.39, 0.29) is 12.3 Å². The van der Waals surface area contributed by atoms with Gasteiger partial charge in [-0.3, -0.25) is 0 Å². The second-order valence-electron chi connectivity index (χ2n) is 9.26. The van der Waals surface area contributed by atoms with Crippen LogP contribution in [0.5, 0.6) is 17.2 Å². The number of fused-ring (bicyclic) bond motifs is 3. The minimum atomic E-state index is -0.295. The van der Waals surface area contributed by atoms with E-state index in [0.717, 1.165) is 53.5 Å². The Labute approximate surface area is 214 Å². The summed E-state index contributed by atoms with van der Waals surface area (Å²) >= 11 is 0. The van der Waals surface area contributed by atoms with Crippen molar-refractivity contribution in [3.63, 3.8) is 0 Å². The molecule has 0 fully saturated rings. The van der Waals surface area contributed by atoms with Gasteiger partial charge in [-0.05, 0) is 66.6 Å². The molecule has 0 saturated heterocycles. The van der Waals surface area contributed by atoms with Gasteiger partial charge in [0.1, 0.15) is 23.9 Å². The monoisotopic (exact) mass is 482 g/mol. The fourth-order valence-corrected chi connectivity index (χ4v) is 4.77. The summed E-state index contributed by atoms with van der Waals surface area (Å²) in [6.45, 7) is 7.18. The summed E-state index contributed by atoms with van der Waals surface area (Å²) < 4.78 is 18.1. The number of rotatable bonds is 11. The van der Waals surface area contributed by atoms with Crippen LogP contribution in [0, 0.1) is 0 Å². The highest BCUT2D eigenvalue weighted by Gasteiger charge is 2.40. The molecule has 2 unspecified atom stereocenters. The van der Waals surface area contributed by atoms with Crippen molar-refractivity contribution in [3.05, 3.63) is 102 Å². The van der Waals surface area contributed by atoms with Gasteiger partial charge in [-0.25, -0.2) is 5.01 Å². The number of unbranched alkanes of at least 4 members (excludes halogenated alkanes) is 3. The molecule has 3 aromatic carbocycles. The van der Waals surface area contributed by atoms with Crippen molar-refractivity contribution < 1.29 is 14.2 Å². The summed E-state index contributed by atoms with van der Waals surface area (Å²) in [5, 5.41) is 7.18. The van der Waals surface area contributed by atoms with Crippen LogP contribution >= 0.6 is 0 Å². The number of ether oxygens (including phenoxy) is 3. The summed E-state index contributed by atoms with van der Waals surface area (Å²) in [7, 11) is 0. The van der Waals surface area contributed by atoms with Gasteiger partial charge in [0.05, 0.1) is 18.4 Å². The number of nitrogens with zero attached hydrogens (tertiary/aromatic N) is 2. The van der Waals surface area contributed by atoms with Crippen LogP contribution in [0.2, 0.25) is 0 Å². The summed E-state index contributed by atoms with van der Waals surface area (Å²) in [5.74, 6) is 2.64. The molecule has 0 aliphatic carbocycles. The van der Waals surface area contributed by atoms with Gasteiger partial charge in [-0.15, -0.1) is 0 Å². The smallest absolute Gasteiger partial charge is 0.213 e. The maximum atomic E-state index is 6.49. The highest BCUT2D eigenvalue weighted by atomic mass is 16.5. The second kappa shape index (κ2) is 11.3. The van der Waals surface area contributed by atoms with Gasteiger partial charge in [-0.2, -0.15) is 5.10 Å². The number of benzene rings is 3. The van der Waals surface area contributed by atoms with Crippen LogP contribution in [-0.2, 0) is 0 Å². The van der Waals surface area contributed by atoms with Gasteiger partial charge in [0.25, 0.3) is 0 Å². The van der Waals surface area contributed by atoms with Gasteiger partial charge in [0.15, 0.2) is 0 Å². The zero-order valence-electron chi connectivity index (χ0n) is 20.9. The average molecular weight is 483 g/mol. The van der Waals surface area contributed by atoms with E-state index in [1.165, 1.54) is 24.8 Å². The Morgan fingerprint density at radius 2 is 1.69 bits per heavy atom. The lowest BCUT2D eigenvalue weighted by Crippen LogP contribution is -2.33. The normalized spacial score (nSPS) is 18.0. The summed E-state index contributed by atoms with van der Waals surface area (Å²) in [6, 6.07) is 24.8. The van der Waals surface area contributed by atoms with Crippen molar-refractivity contribution in [2.75, 3.05) is 13.2 Å². The van der Waals surface area contributed by atoms with Crippen molar-refractivity contribution in [3.8, 4) is 17.2 Å². The molecule has 3 aromatic rings. The number of hydrogen-bond donors (Lipinski definition) is 0. The molecule has 5 heteroatoms. The molecule has 2 aliphatic heterocycles. The Hall–Kier alpha value is -3.73. The van der Waals surface area contributed by atoms with E-state index in [0.29, 0.717) is 6.61 Å². The standard InChI is InChI=1S/C31H34N2O3/c1-3-5-6-9-21-35-26-18-14-24(15-19-26)31-33-29(27-10-7-8-11-30(27)36-31)22-28(32-33)23-12-16-25(17-13-23)34-20-4-2/h4,7-8,10-19,29,31H,2-3,5-6,9,20-22H2,1H3. The van der Waals surface area contributed by atoms with Crippen molar-refractivity contribution in [2.24, 2.45) is 5.10 Å². The van der Waals surface area contributed by atoms with Gasteiger partial charge in [-0.1, -0.05) is 57.0 Å². The second-order valence-corrected chi connectivity index (χ2v) is 9.26. The highest BCUT2D eigenvalue weighted by molar-refractivity contribution is 6.02. The van der Waals surface area contributed by atoms with Crippen LogP contribution in [0.15, 0.2) is 90.6 Å². The zero-order valence-corrected chi connectivity index (χ0v) is 20.9. The first-order chi connectivity index (χ1) is 17.8. The molecular weight excluding hydrogens is 448 g/mol. The van der Waals surface area contributed by atoms with Gasteiger partial charge >= 0.3 is 0 Å². The molecule has 0 bridgehead atoms. The molecule has 2 atom stereocenters. The Bertz CT molecular complexity index is 1190. The first kappa shape index (κ1) is 24.0. The lowest BCUT2D eigenvalue weighted by atomic mass is 9.96. The average Bonchev–Trinajstić information content (AvgIpc) is 3.38. The Morgan fingerprint density at radius 1 is 0.944 bits per heavy atom. The highest BCUT2D eigenvalue weighted by Crippen LogP contribution is 2.47. The third kappa shape index (κ3) is 5.25. The van der Waals surface area contributed by atoms with E-state index in [1.807, 2.05) is 30.3 Å². The van der Waals surface area contributed by atoms with Crippen LogP contribution in [0.4, 0.5) is 0 Å². The van der Waals surface area contributed by atoms with E-state index < -0.39 is 0 Å². The topological polar surface area (TPSA) is 43.3 Å². The molecule has 36 heavy (non-hydrogen) atoms. The fraction of sp³-hybridized carbons (Fsp3) is 0.323. The van der Waals surface area contributed by atoms with Crippen molar-refractivity contribution >= 4 is 5.71 Å². The first-order valence-corrected chi connectivity index (χ1v) is 12.9. The molecule has 5 nitrogen and oxygen atoms in total. The van der Waals surface area contributed by atoms with Gasteiger partial charge in [0.2, 0.25) is 6.23 Å². The number of hydrogen-bond acceptors (Lipinski definition) is 5. The van der Waals surface area contributed by atoms with E-state index in [9.17, 15) is 0 Å². The van der Waals surface area contributed by atoms with Crippen LogP contribution in [-0.4, -0.2) is 23.9 Å². The SMILES string of the molecule is C=CCOc1ccc(C2=NN3C(C2)c2ccccc2OC3c2ccc(OCCCCCC)cc2)cc1. The van der Waals surface area contributed by atoms with Crippen LogP contribution < -0.4 is 14.2 Å². The summed E-state index contributed by atoms with van der Waals surface area (Å²) in [5.41, 5.74) is 4.38. The molecule has 0 amide bonds. The fourth-order valence-electron chi connectivity index (χ4n) is 4.77. The molecule has 0 aromatic heterocycles. The molecule has 5 rings (SSSR count). The van der Waals surface area contributed by atoms with Crippen molar-refractivity contribution in [1.29, 1.82) is 0 Å². The lowest BCUT2D eigenvalue weighted by molar-refractivity contribution is -0.0190. The van der Waals surface area contributed by atoms with Crippen LogP contribution in [0.25, 0.3) is 0 Å². The number of hydrazone groups is 1. The van der Waals surface area contributed by atoms with Gasteiger partial charge in [0, 0.05) is 17.5 Å². The summed E-state index contributed by atoms with van der Waals surface area (Å²) in [6.07, 6.45) is 7.07. The third-order valence-corrected chi connectivity index (χ3v) is 6.69. The molecule has 0 N–H and O–H groups in total. The van der Waals surface area contributed by atoms with Crippen LogP contribution in [0.3, 0.4) is 0 Å². The Morgan fingerprint density at radius 3 is 2.47 bits per heavy atom. The Kier molecular flexibility index (Phi) is 7.55. The summed E-state index contributed by atoms with van der Waals surface area (Å²) in [4.78, 5) is 0. The predicted molar refractivity (Wildman–Crippen MR) is 144 cm³/mol. The molecule has 0 spiro atoms. The van der Waals surface area contributed by atoms with Crippen molar-refractivity contribution in [1.82, 2.24) is 5.01 Å². The molecule has 186 valence electrons. The minimum absolute atomic E-state index is 0.126. The quantitative estimate of drug-likeness (QED) is 0.210. The largest absolute Gasteiger partial charge is 0.494 e. The van der Waals surface area contributed by atoms with E-state index in [4.69, 9.17) is 19.3 Å².